The molecule has 0 amide bonds. The molecule has 1 fully saturated rings. The lowest BCUT2D eigenvalue weighted by Crippen LogP contribution is -2.36. The maximum atomic E-state index is 5.99. The average molecular weight is 278 g/mol. The molecule has 0 aliphatic carbocycles. The highest BCUT2D eigenvalue weighted by atomic mass is 16.5. The summed E-state index contributed by atoms with van der Waals surface area (Å²) < 4.78 is 10.9. The number of methoxy groups -OCH3 is 1. The molecule has 0 aromatic heterocycles. The molecule has 1 saturated heterocycles. The van der Waals surface area contributed by atoms with E-state index in [9.17, 15) is 0 Å². The molecule has 20 heavy (non-hydrogen) atoms. The molecule has 4 nitrogen and oxygen atoms in total. The van der Waals surface area contributed by atoms with Crippen molar-refractivity contribution in [2.45, 2.75) is 18.9 Å². The molecule has 1 aliphatic heterocycles. The second-order valence-corrected chi connectivity index (χ2v) is 5.55. The smallest absolute Gasteiger partial charge is 0.119 e. The van der Waals surface area contributed by atoms with Gasteiger partial charge in [0.25, 0.3) is 0 Å². The third-order valence-electron chi connectivity index (χ3n) is 4.03. The van der Waals surface area contributed by atoms with Crippen molar-refractivity contribution < 1.29 is 9.47 Å². The lowest BCUT2D eigenvalue weighted by atomic mass is 9.99. The van der Waals surface area contributed by atoms with E-state index in [1.165, 1.54) is 18.4 Å². The van der Waals surface area contributed by atoms with Gasteiger partial charge in [0.05, 0.1) is 13.7 Å². The maximum Gasteiger partial charge on any atom is 0.119 e. The van der Waals surface area contributed by atoms with Crippen LogP contribution < -0.4 is 10.5 Å². The van der Waals surface area contributed by atoms with Crippen LogP contribution in [0.25, 0.3) is 0 Å². The molecule has 1 aliphatic rings. The van der Waals surface area contributed by atoms with E-state index in [0.717, 1.165) is 25.5 Å². The summed E-state index contributed by atoms with van der Waals surface area (Å²) in [5.74, 6) is 1.50. The molecule has 1 aromatic carbocycles. The van der Waals surface area contributed by atoms with E-state index in [4.69, 9.17) is 15.2 Å². The van der Waals surface area contributed by atoms with E-state index in [1.54, 1.807) is 7.11 Å². The van der Waals surface area contributed by atoms with Gasteiger partial charge in [-0.05, 0) is 43.5 Å². The van der Waals surface area contributed by atoms with E-state index in [1.807, 2.05) is 12.1 Å². The molecular formula is C16H26N2O2. The number of hydrogen-bond acceptors (Lipinski definition) is 4. The summed E-state index contributed by atoms with van der Waals surface area (Å²) in [6.45, 7) is 3.42. The van der Waals surface area contributed by atoms with Crippen LogP contribution in [0.1, 0.15) is 24.4 Å². The van der Waals surface area contributed by atoms with Crippen molar-refractivity contribution in [3.8, 4) is 5.75 Å². The van der Waals surface area contributed by atoms with Gasteiger partial charge in [0, 0.05) is 25.7 Å². The summed E-state index contributed by atoms with van der Waals surface area (Å²) in [5.41, 5.74) is 7.20. The fraction of sp³-hybridized carbons (Fsp3) is 0.625. The molecule has 0 radical (unpaired) electrons. The quantitative estimate of drug-likeness (QED) is 0.865. The Morgan fingerprint density at radius 2 is 2.35 bits per heavy atom. The van der Waals surface area contributed by atoms with Crippen molar-refractivity contribution in [2.24, 2.45) is 11.7 Å². The van der Waals surface area contributed by atoms with Gasteiger partial charge < -0.3 is 15.2 Å². The van der Waals surface area contributed by atoms with Crippen molar-refractivity contribution in [2.75, 3.05) is 40.5 Å². The number of likely N-dealkylation sites (N-methyl/N-ethyl adjacent to an activating group) is 1. The van der Waals surface area contributed by atoms with Gasteiger partial charge in [0.15, 0.2) is 0 Å². The Morgan fingerprint density at radius 3 is 3.00 bits per heavy atom. The largest absolute Gasteiger partial charge is 0.497 e. The number of hydrogen-bond donors (Lipinski definition) is 1. The van der Waals surface area contributed by atoms with Crippen molar-refractivity contribution in [1.82, 2.24) is 4.90 Å². The molecule has 0 bridgehead atoms. The van der Waals surface area contributed by atoms with Gasteiger partial charge in [-0.25, -0.2) is 0 Å². The van der Waals surface area contributed by atoms with Gasteiger partial charge in [-0.1, -0.05) is 12.1 Å². The Morgan fingerprint density at radius 1 is 1.50 bits per heavy atom. The minimum atomic E-state index is 0.229. The summed E-state index contributed by atoms with van der Waals surface area (Å²) in [5, 5.41) is 0. The summed E-state index contributed by atoms with van der Waals surface area (Å²) in [7, 11) is 3.84. The topological polar surface area (TPSA) is 47.7 Å². The first-order valence-corrected chi connectivity index (χ1v) is 7.36. The van der Waals surface area contributed by atoms with Crippen molar-refractivity contribution in [1.29, 1.82) is 0 Å². The van der Waals surface area contributed by atoms with Crippen LogP contribution in [0.15, 0.2) is 24.3 Å². The SMILES string of the molecule is COc1cccc(C(CN)N(C)CC2CCCOC2)c1. The molecule has 1 aromatic rings. The number of ether oxygens (including phenoxy) is 2. The number of rotatable bonds is 6. The third-order valence-corrected chi connectivity index (χ3v) is 4.03. The van der Waals surface area contributed by atoms with E-state index in [0.29, 0.717) is 12.5 Å². The molecule has 0 spiro atoms. The minimum absolute atomic E-state index is 0.229. The zero-order valence-electron chi connectivity index (χ0n) is 12.5. The summed E-state index contributed by atoms with van der Waals surface area (Å²) in [6, 6.07) is 8.41. The fourth-order valence-corrected chi connectivity index (χ4v) is 2.91. The van der Waals surface area contributed by atoms with E-state index in [-0.39, 0.29) is 6.04 Å². The Kier molecular flexibility index (Phi) is 5.83. The monoisotopic (exact) mass is 278 g/mol. The van der Waals surface area contributed by atoms with Gasteiger partial charge in [0.1, 0.15) is 5.75 Å². The first-order valence-electron chi connectivity index (χ1n) is 7.36. The first kappa shape index (κ1) is 15.3. The molecule has 0 saturated carbocycles. The average Bonchev–Trinajstić information content (AvgIpc) is 2.49. The second-order valence-electron chi connectivity index (χ2n) is 5.55. The van der Waals surface area contributed by atoms with Gasteiger partial charge in [-0.3, -0.25) is 4.90 Å². The van der Waals surface area contributed by atoms with Crippen LogP contribution in [0.3, 0.4) is 0 Å². The molecule has 112 valence electrons. The van der Waals surface area contributed by atoms with Crippen LogP contribution in [0.5, 0.6) is 5.75 Å². The molecule has 2 N–H and O–H groups in total. The summed E-state index contributed by atoms with van der Waals surface area (Å²) >= 11 is 0. The molecule has 2 unspecified atom stereocenters. The Balaban J connectivity index is 2.01. The highest BCUT2D eigenvalue weighted by Gasteiger charge is 2.21. The Labute approximate surface area is 121 Å². The molecule has 4 heteroatoms. The van der Waals surface area contributed by atoms with Crippen LogP contribution in [0.2, 0.25) is 0 Å². The van der Waals surface area contributed by atoms with Gasteiger partial charge in [-0.2, -0.15) is 0 Å². The van der Waals surface area contributed by atoms with E-state index in [2.05, 4.69) is 24.1 Å². The maximum absolute atomic E-state index is 5.99. The number of nitrogens with zero attached hydrogens (tertiary/aromatic N) is 1. The summed E-state index contributed by atoms with van der Waals surface area (Å²) in [4.78, 5) is 2.34. The van der Waals surface area contributed by atoms with Crippen molar-refractivity contribution >= 4 is 0 Å². The second kappa shape index (κ2) is 7.62. The van der Waals surface area contributed by atoms with Gasteiger partial charge in [0.2, 0.25) is 0 Å². The normalized spacial score (nSPS) is 20.9. The molecule has 2 atom stereocenters. The Bertz CT molecular complexity index is 405. The van der Waals surface area contributed by atoms with E-state index >= 15 is 0 Å². The predicted molar refractivity (Wildman–Crippen MR) is 81.0 cm³/mol. The zero-order chi connectivity index (χ0) is 14.4. The predicted octanol–water partition coefficient (Wildman–Crippen LogP) is 2.05. The first-order chi connectivity index (χ1) is 9.74. The zero-order valence-corrected chi connectivity index (χ0v) is 12.5. The summed E-state index contributed by atoms with van der Waals surface area (Å²) in [6.07, 6.45) is 2.42. The van der Waals surface area contributed by atoms with Crippen molar-refractivity contribution in [3.63, 3.8) is 0 Å². The van der Waals surface area contributed by atoms with Gasteiger partial charge >= 0.3 is 0 Å². The van der Waals surface area contributed by atoms with Crippen LogP contribution in [0.4, 0.5) is 0 Å². The van der Waals surface area contributed by atoms with Crippen molar-refractivity contribution in [3.05, 3.63) is 29.8 Å². The van der Waals surface area contributed by atoms with Crippen LogP contribution >= 0.6 is 0 Å². The highest BCUT2D eigenvalue weighted by molar-refractivity contribution is 5.30. The molecule has 1 heterocycles. The fourth-order valence-electron chi connectivity index (χ4n) is 2.91. The number of benzene rings is 1. The molecular weight excluding hydrogens is 252 g/mol. The van der Waals surface area contributed by atoms with Crippen LogP contribution in [-0.2, 0) is 4.74 Å². The van der Waals surface area contributed by atoms with Crippen LogP contribution in [0, 0.1) is 5.92 Å². The van der Waals surface area contributed by atoms with Gasteiger partial charge in [-0.15, -0.1) is 0 Å². The standard InChI is InChI=1S/C16H26N2O2/c1-18(11-13-5-4-8-20-12-13)16(10-17)14-6-3-7-15(9-14)19-2/h3,6-7,9,13,16H,4-5,8,10-12,17H2,1-2H3. The highest BCUT2D eigenvalue weighted by Crippen LogP contribution is 2.24. The molecule has 2 rings (SSSR count). The number of nitrogens with two attached hydrogens (primary N) is 1. The lowest BCUT2D eigenvalue weighted by molar-refractivity contribution is 0.0365. The third kappa shape index (κ3) is 3.95. The van der Waals surface area contributed by atoms with Crippen LogP contribution in [-0.4, -0.2) is 45.4 Å². The minimum Gasteiger partial charge on any atom is -0.497 e. The lowest BCUT2D eigenvalue weighted by Gasteiger charge is -2.32. The Hall–Kier alpha value is -1.10. The van der Waals surface area contributed by atoms with E-state index < -0.39 is 0 Å².